The number of pyridine rings is 1. The van der Waals surface area contributed by atoms with Gasteiger partial charge < -0.3 is 9.84 Å². The number of fused-ring (bicyclic) bond motifs is 1. The fourth-order valence-corrected chi connectivity index (χ4v) is 3.02. The van der Waals surface area contributed by atoms with Crippen molar-refractivity contribution in [3.63, 3.8) is 0 Å². The zero-order chi connectivity index (χ0) is 17.6. The molecule has 1 fully saturated rings. The molecule has 1 aromatic carbocycles. The van der Waals surface area contributed by atoms with E-state index in [1.165, 1.54) is 12.8 Å². The predicted octanol–water partition coefficient (Wildman–Crippen LogP) is 3.91. The first-order valence-corrected chi connectivity index (χ1v) is 8.68. The first kappa shape index (κ1) is 16.3. The monoisotopic (exact) mass is 358 g/mol. The molecule has 130 valence electrons. The summed E-state index contributed by atoms with van der Waals surface area (Å²) < 4.78 is 7.79. The molecule has 1 aliphatic carbocycles. The summed E-state index contributed by atoms with van der Waals surface area (Å²) in [5, 5.41) is 19.1. The first-order valence-electron chi connectivity index (χ1n) is 8.31. The van der Waals surface area contributed by atoms with Crippen LogP contribution < -0.4 is 4.74 Å². The molecule has 0 radical (unpaired) electrons. The quantitative estimate of drug-likeness (QED) is 0.748. The maximum absolute atomic E-state index is 10.3. The van der Waals surface area contributed by atoms with Gasteiger partial charge in [0.2, 0.25) is 5.88 Å². The number of hydrogen-bond acceptors (Lipinski definition) is 5. The highest BCUT2D eigenvalue weighted by atomic mass is 35.5. The Morgan fingerprint density at radius 2 is 2.12 bits per heavy atom. The van der Waals surface area contributed by atoms with Crippen LogP contribution in [0.25, 0.3) is 11.0 Å². The van der Waals surface area contributed by atoms with Gasteiger partial charge in [-0.25, -0.2) is 9.67 Å². The van der Waals surface area contributed by atoms with Gasteiger partial charge >= 0.3 is 0 Å². The molecule has 0 atom stereocenters. The molecule has 0 bridgehead atoms. The van der Waals surface area contributed by atoms with Crippen molar-refractivity contribution in [1.82, 2.24) is 20.0 Å². The summed E-state index contributed by atoms with van der Waals surface area (Å²) >= 11 is 6.49. The summed E-state index contributed by atoms with van der Waals surface area (Å²) in [6.45, 7) is 4.24. The van der Waals surface area contributed by atoms with E-state index in [-0.39, 0.29) is 0 Å². The van der Waals surface area contributed by atoms with Crippen molar-refractivity contribution in [1.29, 1.82) is 0 Å². The minimum Gasteiger partial charge on any atom is -0.437 e. The molecule has 2 aromatic heterocycles. The second kappa shape index (κ2) is 5.97. The number of benzene rings is 1. The maximum atomic E-state index is 10.3. The molecule has 0 spiro atoms. The largest absolute Gasteiger partial charge is 0.437 e. The SMILES string of the molecule is CC(C)(O)c1cccnc1Oc1ccc2c(nnn2CC2CC2)c1Cl. The summed E-state index contributed by atoms with van der Waals surface area (Å²) in [6.07, 6.45) is 4.11. The Hall–Kier alpha value is -2.18. The average Bonchev–Trinajstić information content (AvgIpc) is 3.29. The van der Waals surface area contributed by atoms with E-state index in [2.05, 4.69) is 15.3 Å². The van der Waals surface area contributed by atoms with Gasteiger partial charge in [0.25, 0.3) is 0 Å². The molecule has 0 unspecified atom stereocenters. The highest BCUT2D eigenvalue weighted by Gasteiger charge is 2.25. The van der Waals surface area contributed by atoms with Crippen molar-refractivity contribution in [3.8, 4) is 11.6 Å². The van der Waals surface area contributed by atoms with Crippen LogP contribution in [0, 0.1) is 5.92 Å². The first-order chi connectivity index (χ1) is 11.9. The summed E-state index contributed by atoms with van der Waals surface area (Å²) in [5.41, 5.74) is 1.02. The van der Waals surface area contributed by atoms with Crippen LogP contribution in [0.5, 0.6) is 11.6 Å². The van der Waals surface area contributed by atoms with Crippen molar-refractivity contribution in [2.24, 2.45) is 5.92 Å². The van der Waals surface area contributed by atoms with Crippen LogP contribution in [0.1, 0.15) is 32.3 Å². The van der Waals surface area contributed by atoms with Crippen molar-refractivity contribution in [2.45, 2.75) is 38.8 Å². The smallest absolute Gasteiger partial charge is 0.225 e. The lowest BCUT2D eigenvalue weighted by molar-refractivity contribution is 0.0756. The Labute approximate surface area is 150 Å². The van der Waals surface area contributed by atoms with Crippen LogP contribution in [-0.4, -0.2) is 25.1 Å². The summed E-state index contributed by atoms with van der Waals surface area (Å²) in [7, 11) is 0. The van der Waals surface area contributed by atoms with Crippen molar-refractivity contribution in [2.75, 3.05) is 0 Å². The zero-order valence-electron chi connectivity index (χ0n) is 14.1. The Morgan fingerprint density at radius 3 is 2.84 bits per heavy atom. The minimum absolute atomic E-state index is 0.321. The van der Waals surface area contributed by atoms with E-state index in [1.807, 2.05) is 10.7 Å². The molecule has 1 aliphatic rings. The third-order valence-corrected chi connectivity index (χ3v) is 4.72. The van der Waals surface area contributed by atoms with Crippen molar-refractivity contribution in [3.05, 3.63) is 41.0 Å². The molecule has 3 aromatic rings. The van der Waals surface area contributed by atoms with Gasteiger partial charge in [-0.1, -0.05) is 16.8 Å². The number of aliphatic hydroxyl groups is 1. The Bertz CT molecular complexity index is 928. The highest BCUT2D eigenvalue weighted by Crippen LogP contribution is 2.38. The Balaban J connectivity index is 1.70. The average molecular weight is 359 g/mol. The van der Waals surface area contributed by atoms with E-state index >= 15 is 0 Å². The number of hydrogen-bond donors (Lipinski definition) is 1. The van der Waals surface area contributed by atoms with Gasteiger partial charge in [0.1, 0.15) is 10.5 Å². The van der Waals surface area contributed by atoms with Crippen LogP contribution in [-0.2, 0) is 12.1 Å². The van der Waals surface area contributed by atoms with Crippen LogP contribution >= 0.6 is 11.6 Å². The Kier molecular flexibility index (Phi) is 3.89. The molecule has 4 rings (SSSR count). The van der Waals surface area contributed by atoms with Gasteiger partial charge in [0, 0.05) is 18.3 Å². The van der Waals surface area contributed by atoms with Crippen LogP contribution in [0.3, 0.4) is 0 Å². The second-order valence-electron chi connectivity index (χ2n) is 6.98. The van der Waals surface area contributed by atoms with E-state index in [1.54, 1.807) is 38.2 Å². The summed E-state index contributed by atoms with van der Waals surface area (Å²) in [6, 6.07) is 7.24. The zero-order valence-corrected chi connectivity index (χ0v) is 14.9. The molecule has 25 heavy (non-hydrogen) atoms. The van der Waals surface area contributed by atoms with E-state index in [0.29, 0.717) is 33.7 Å². The number of ether oxygens (including phenoxy) is 1. The molecule has 1 saturated carbocycles. The van der Waals surface area contributed by atoms with Gasteiger partial charge in [-0.2, -0.15) is 0 Å². The molecule has 6 nitrogen and oxygen atoms in total. The van der Waals surface area contributed by atoms with Crippen LogP contribution in [0.2, 0.25) is 5.02 Å². The molecule has 2 heterocycles. The van der Waals surface area contributed by atoms with Crippen LogP contribution in [0.15, 0.2) is 30.5 Å². The molecule has 0 amide bonds. The second-order valence-corrected chi connectivity index (χ2v) is 7.36. The highest BCUT2D eigenvalue weighted by molar-refractivity contribution is 6.36. The van der Waals surface area contributed by atoms with E-state index < -0.39 is 5.60 Å². The lowest BCUT2D eigenvalue weighted by Gasteiger charge is -2.20. The fraction of sp³-hybridized carbons (Fsp3) is 0.389. The van der Waals surface area contributed by atoms with Gasteiger partial charge in [-0.05, 0) is 56.9 Å². The lowest BCUT2D eigenvalue weighted by atomic mass is 10.00. The normalized spacial score (nSPS) is 14.9. The van der Waals surface area contributed by atoms with Gasteiger partial charge in [-0.3, -0.25) is 0 Å². The van der Waals surface area contributed by atoms with Crippen molar-refractivity contribution < 1.29 is 9.84 Å². The van der Waals surface area contributed by atoms with E-state index in [0.717, 1.165) is 12.1 Å². The van der Waals surface area contributed by atoms with E-state index in [4.69, 9.17) is 16.3 Å². The number of halogens is 1. The molecule has 0 saturated heterocycles. The minimum atomic E-state index is -1.08. The third-order valence-electron chi connectivity index (χ3n) is 4.36. The summed E-state index contributed by atoms with van der Waals surface area (Å²) in [5.74, 6) is 1.46. The van der Waals surface area contributed by atoms with Gasteiger partial charge in [-0.15, -0.1) is 5.10 Å². The van der Waals surface area contributed by atoms with E-state index in [9.17, 15) is 5.11 Å². The molecular weight excluding hydrogens is 340 g/mol. The maximum Gasteiger partial charge on any atom is 0.225 e. The third kappa shape index (κ3) is 3.19. The summed E-state index contributed by atoms with van der Waals surface area (Å²) in [4.78, 5) is 4.23. The molecular formula is C18H19ClN4O2. The van der Waals surface area contributed by atoms with Gasteiger partial charge in [0.05, 0.1) is 11.1 Å². The lowest BCUT2D eigenvalue weighted by Crippen LogP contribution is -2.17. The fourth-order valence-electron chi connectivity index (χ4n) is 2.79. The standard InChI is InChI=1S/C18H19ClN4O2/c1-18(2,24)12-4-3-9-20-17(12)25-14-8-7-13-16(15(14)19)21-22-23(13)10-11-5-6-11/h3-4,7-9,11,24H,5-6,10H2,1-2H3. The molecule has 1 N–H and O–H groups in total. The van der Waals surface area contributed by atoms with Gasteiger partial charge in [0.15, 0.2) is 5.75 Å². The number of nitrogens with zero attached hydrogens (tertiary/aromatic N) is 4. The molecule has 7 heteroatoms. The Morgan fingerprint density at radius 1 is 1.32 bits per heavy atom. The van der Waals surface area contributed by atoms with Crippen LogP contribution in [0.4, 0.5) is 0 Å². The number of aromatic nitrogens is 4. The molecule has 0 aliphatic heterocycles. The predicted molar refractivity (Wildman–Crippen MR) is 94.8 cm³/mol. The number of rotatable bonds is 5. The van der Waals surface area contributed by atoms with Crippen molar-refractivity contribution >= 4 is 22.6 Å². The topological polar surface area (TPSA) is 73.1 Å².